The Morgan fingerprint density at radius 1 is 1.34 bits per heavy atom. The predicted octanol–water partition coefficient (Wildman–Crippen LogP) is 4.76. The van der Waals surface area contributed by atoms with Crippen molar-refractivity contribution in [2.24, 2.45) is 0 Å². The van der Waals surface area contributed by atoms with Gasteiger partial charge in [-0.1, -0.05) is 19.1 Å². The number of aromatic nitrogens is 2. The summed E-state index contributed by atoms with van der Waals surface area (Å²) in [7, 11) is 0. The molecular weight excluding hydrogens is 388 g/mol. The topological polar surface area (TPSA) is 85.2 Å². The summed E-state index contributed by atoms with van der Waals surface area (Å²) in [5, 5.41) is 1.51. The first kappa shape index (κ1) is 19.4. The standard InChI is InChI=1S/C22H22N2O4S/c1-5-14-6-7-16-15(10-27-17(16)8-14)9-18(25)28-12(3)20-23-21(26)19-11(2)13(4)29-22(19)24-20/h6-8,10,12H,5,9H2,1-4H3,(H,23,24,26)/t12-/m1/s1. The first-order chi connectivity index (χ1) is 13.9. The lowest BCUT2D eigenvalue weighted by molar-refractivity contribution is -0.148. The first-order valence-corrected chi connectivity index (χ1v) is 10.4. The molecule has 0 aliphatic rings. The van der Waals surface area contributed by atoms with Gasteiger partial charge in [0.05, 0.1) is 18.1 Å². The average molecular weight is 410 g/mol. The maximum atomic E-state index is 12.5. The summed E-state index contributed by atoms with van der Waals surface area (Å²) in [6.45, 7) is 7.66. The zero-order valence-electron chi connectivity index (χ0n) is 16.8. The van der Waals surface area contributed by atoms with Crippen LogP contribution in [0.15, 0.2) is 33.7 Å². The summed E-state index contributed by atoms with van der Waals surface area (Å²) in [6, 6.07) is 5.99. The first-order valence-electron chi connectivity index (χ1n) is 9.55. The minimum Gasteiger partial charge on any atom is -0.464 e. The fraction of sp³-hybridized carbons (Fsp3) is 0.318. The number of H-pyrrole nitrogens is 1. The lowest BCUT2D eigenvalue weighted by Gasteiger charge is -2.12. The minimum atomic E-state index is -0.660. The van der Waals surface area contributed by atoms with Gasteiger partial charge < -0.3 is 14.1 Å². The summed E-state index contributed by atoms with van der Waals surface area (Å²) >= 11 is 1.47. The van der Waals surface area contributed by atoms with Gasteiger partial charge in [0.2, 0.25) is 0 Å². The smallest absolute Gasteiger partial charge is 0.311 e. The molecule has 0 saturated carbocycles. The van der Waals surface area contributed by atoms with Gasteiger partial charge in [-0.3, -0.25) is 9.59 Å². The van der Waals surface area contributed by atoms with Gasteiger partial charge in [-0.2, -0.15) is 0 Å². The fourth-order valence-corrected chi connectivity index (χ4v) is 4.44. The molecule has 1 N–H and O–H groups in total. The zero-order chi connectivity index (χ0) is 20.7. The van der Waals surface area contributed by atoms with Crippen LogP contribution in [0.1, 0.15) is 47.3 Å². The van der Waals surface area contributed by atoms with Crippen LogP contribution in [-0.4, -0.2) is 15.9 Å². The van der Waals surface area contributed by atoms with Gasteiger partial charge in [-0.15, -0.1) is 11.3 Å². The van der Waals surface area contributed by atoms with Crippen LogP contribution < -0.4 is 5.56 Å². The summed E-state index contributed by atoms with van der Waals surface area (Å²) in [5.41, 5.74) is 3.45. The van der Waals surface area contributed by atoms with E-state index >= 15 is 0 Å². The molecule has 4 aromatic rings. The Labute approximate surface area is 171 Å². The highest BCUT2D eigenvalue weighted by Gasteiger charge is 2.19. The van der Waals surface area contributed by atoms with E-state index in [4.69, 9.17) is 9.15 Å². The molecule has 1 aromatic carbocycles. The quantitative estimate of drug-likeness (QED) is 0.480. The summed E-state index contributed by atoms with van der Waals surface area (Å²) in [4.78, 5) is 33.9. The number of hydrogen-bond acceptors (Lipinski definition) is 6. The monoisotopic (exact) mass is 410 g/mol. The van der Waals surface area contributed by atoms with Crippen molar-refractivity contribution < 1.29 is 13.9 Å². The van der Waals surface area contributed by atoms with Gasteiger partial charge in [0.1, 0.15) is 10.4 Å². The molecule has 7 heteroatoms. The molecule has 0 bridgehead atoms. The molecule has 3 aromatic heterocycles. The number of hydrogen-bond donors (Lipinski definition) is 1. The van der Waals surface area contributed by atoms with Crippen LogP contribution in [0.2, 0.25) is 0 Å². The molecule has 150 valence electrons. The minimum absolute atomic E-state index is 0.0898. The predicted molar refractivity (Wildman–Crippen MR) is 114 cm³/mol. The van der Waals surface area contributed by atoms with E-state index in [9.17, 15) is 9.59 Å². The van der Waals surface area contributed by atoms with E-state index in [-0.39, 0.29) is 12.0 Å². The van der Waals surface area contributed by atoms with Crippen molar-refractivity contribution in [1.82, 2.24) is 9.97 Å². The Morgan fingerprint density at radius 3 is 2.90 bits per heavy atom. The van der Waals surface area contributed by atoms with Gasteiger partial charge in [0.25, 0.3) is 5.56 Å². The third-order valence-electron chi connectivity index (χ3n) is 5.21. The molecule has 4 rings (SSSR count). The second-order valence-electron chi connectivity index (χ2n) is 7.17. The van der Waals surface area contributed by atoms with Crippen LogP contribution in [0.4, 0.5) is 0 Å². The highest BCUT2D eigenvalue weighted by Crippen LogP contribution is 2.27. The normalized spacial score (nSPS) is 12.6. The van der Waals surface area contributed by atoms with Crippen molar-refractivity contribution >= 4 is 38.5 Å². The van der Waals surface area contributed by atoms with Crippen LogP contribution in [0.5, 0.6) is 0 Å². The molecule has 1 atom stereocenters. The van der Waals surface area contributed by atoms with Crippen LogP contribution in [-0.2, 0) is 22.4 Å². The Balaban J connectivity index is 1.53. The van der Waals surface area contributed by atoms with E-state index in [0.717, 1.165) is 33.4 Å². The van der Waals surface area contributed by atoms with Gasteiger partial charge in [-0.05, 0) is 44.4 Å². The fourth-order valence-electron chi connectivity index (χ4n) is 3.40. The van der Waals surface area contributed by atoms with Crippen molar-refractivity contribution in [3.63, 3.8) is 0 Å². The van der Waals surface area contributed by atoms with E-state index in [2.05, 4.69) is 16.9 Å². The number of carbonyl (C=O) groups excluding carboxylic acids is 1. The van der Waals surface area contributed by atoms with Crippen molar-refractivity contribution in [3.8, 4) is 0 Å². The number of nitrogens with one attached hydrogen (secondary N) is 1. The zero-order valence-corrected chi connectivity index (χ0v) is 17.6. The SMILES string of the molecule is CCc1ccc2c(CC(=O)O[C@H](C)c3nc4sc(C)c(C)c4c(=O)[nH]3)coc2c1. The number of ether oxygens (including phenoxy) is 1. The summed E-state index contributed by atoms with van der Waals surface area (Å²) in [5.74, 6) is -0.0530. The van der Waals surface area contributed by atoms with E-state index in [1.165, 1.54) is 16.9 Å². The Hall–Kier alpha value is -2.93. The number of nitrogens with zero attached hydrogens (tertiary/aromatic N) is 1. The average Bonchev–Trinajstić information content (AvgIpc) is 3.21. The van der Waals surface area contributed by atoms with Crippen LogP contribution in [0, 0.1) is 13.8 Å². The third-order valence-corrected chi connectivity index (χ3v) is 6.31. The maximum Gasteiger partial charge on any atom is 0.311 e. The van der Waals surface area contributed by atoms with Crippen LogP contribution in [0.25, 0.3) is 21.2 Å². The molecule has 0 saturated heterocycles. The molecule has 0 radical (unpaired) electrons. The van der Waals surface area contributed by atoms with Crippen molar-refractivity contribution in [3.05, 3.63) is 62.2 Å². The van der Waals surface area contributed by atoms with Crippen molar-refractivity contribution in [1.29, 1.82) is 0 Å². The molecule has 0 fully saturated rings. The third kappa shape index (κ3) is 3.58. The number of rotatable bonds is 5. The molecule has 3 heterocycles. The molecule has 0 aliphatic heterocycles. The van der Waals surface area contributed by atoms with Crippen LogP contribution >= 0.6 is 11.3 Å². The number of benzene rings is 1. The Kier molecular flexibility index (Phi) is 5.00. The molecule has 0 spiro atoms. The van der Waals surface area contributed by atoms with Gasteiger partial charge in [0.15, 0.2) is 11.9 Å². The highest BCUT2D eigenvalue weighted by molar-refractivity contribution is 7.18. The number of carbonyl (C=O) groups is 1. The summed E-state index contributed by atoms with van der Waals surface area (Å²) in [6.07, 6.45) is 1.95. The molecule has 0 unspecified atom stereocenters. The number of esters is 1. The number of furan rings is 1. The van der Waals surface area contributed by atoms with Gasteiger partial charge in [-0.25, -0.2) is 4.98 Å². The van der Waals surface area contributed by atoms with Crippen molar-refractivity contribution in [2.45, 2.75) is 46.6 Å². The lowest BCUT2D eigenvalue weighted by Crippen LogP contribution is -2.18. The molecular formula is C22H22N2O4S. The highest BCUT2D eigenvalue weighted by atomic mass is 32.1. The van der Waals surface area contributed by atoms with Gasteiger partial charge in [0, 0.05) is 15.8 Å². The van der Waals surface area contributed by atoms with E-state index in [0.29, 0.717) is 16.0 Å². The second-order valence-corrected chi connectivity index (χ2v) is 8.37. The maximum absolute atomic E-state index is 12.5. The number of aromatic amines is 1. The van der Waals surface area contributed by atoms with E-state index in [1.54, 1.807) is 13.2 Å². The van der Waals surface area contributed by atoms with Crippen LogP contribution in [0.3, 0.4) is 0 Å². The van der Waals surface area contributed by atoms with Gasteiger partial charge >= 0.3 is 5.97 Å². The molecule has 6 nitrogen and oxygen atoms in total. The molecule has 0 aliphatic carbocycles. The number of fused-ring (bicyclic) bond motifs is 2. The Bertz CT molecular complexity index is 1280. The second kappa shape index (κ2) is 7.48. The summed E-state index contributed by atoms with van der Waals surface area (Å²) < 4.78 is 11.1. The molecule has 29 heavy (non-hydrogen) atoms. The van der Waals surface area contributed by atoms with E-state index in [1.807, 2.05) is 32.0 Å². The number of aryl methyl sites for hydroxylation is 3. The van der Waals surface area contributed by atoms with E-state index < -0.39 is 12.1 Å². The largest absolute Gasteiger partial charge is 0.464 e. The lowest BCUT2D eigenvalue weighted by atomic mass is 10.1. The van der Waals surface area contributed by atoms with Crippen molar-refractivity contribution in [2.75, 3.05) is 0 Å². The Morgan fingerprint density at radius 2 is 2.14 bits per heavy atom. The number of thiophene rings is 1. The molecule has 0 amide bonds.